The summed E-state index contributed by atoms with van der Waals surface area (Å²) in [6.07, 6.45) is 4.50. The number of amides is 1. The highest BCUT2D eigenvalue weighted by Gasteiger charge is 2.37. The molecule has 1 N–H and O–H groups in total. The van der Waals surface area contributed by atoms with Crippen LogP contribution in [0.4, 0.5) is 14.5 Å². The first-order chi connectivity index (χ1) is 20.8. The fourth-order valence-electron chi connectivity index (χ4n) is 6.34. The molecule has 0 aromatic heterocycles. The molecule has 2 aliphatic rings. The summed E-state index contributed by atoms with van der Waals surface area (Å²) in [5.41, 5.74) is 4.95. The second kappa shape index (κ2) is 13.8. The van der Waals surface area contributed by atoms with Crippen molar-refractivity contribution in [3.63, 3.8) is 0 Å². The monoisotopic (exact) mass is 592 g/mol. The molecule has 0 aliphatic carbocycles. The number of hydrogen-bond acceptors (Lipinski definition) is 5. The lowest BCUT2D eigenvalue weighted by Gasteiger charge is -2.25. The minimum Gasteiger partial charge on any atom is -0.494 e. The fraction of sp³-hybridized carbons (Fsp3) is 0.457. The molecule has 1 amide bonds. The summed E-state index contributed by atoms with van der Waals surface area (Å²) in [5, 5.41) is 3.07. The Balaban J connectivity index is 1.44. The first-order valence-corrected chi connectivity index (χ1v) is 15.5. The molecule has 0 spiro atoms. The van der Waals surface area contributed by atoms with Gasteiger partial charge in [0.05, 0.1) is 13.2 Å². The molecular weight excluding hydrogens is 550 g/mol. The zero-order valence-electron chi connectivity index (χ0n) is 25.6. The van der Waals surface area contributed by atoms with Gasteiger partial charge in [0.2, 0.25) is 12.7 Å². The number of halogens is 2. The van der Waals surface area contributed by atoms with Gasteiger partial charge in [-0.3, -0.25) is 9.69 Å². The van der Waals surface area contributed by atoms with Crippen LogP contribution < -0.4 is 19.5 Å². The van der Waals surface area contributed by atoms with E-state index in [-0.39, 0.29) is 42.8 Å². The van der Waals surface area contributed by atoms with E-state index in [1.165, 1.54) is 18.2 Å². The van der Waals surface area contributed by atoms with Crippen molar-refractivity contribution in [3.8, 4) is 17.2 Å². The van der Waals surface area contributed by atoms with Gasteiger partial charge < -0.3 is 19.5 Å². The normalized spacial score (nSPS) is 17.8. The maximum absolute atomic E-state index is 15.6. The molecule has 6 nitrogen and oxygen atoms in total. The van der Waals surface area contributed by atoms with Gasteiger partial charge in [-0.05, 0) is 84.5 Å². The summed E-state index contributed by atoms with van der Waals surface area (Å²) >= 11 is 0. The van der Waals surface area contributed by atoms with Crippen molar-refractivity contribution in [2.45, 2.75) is 78.2 Å². The molecule has 43 heavy (non-hydrogen) atoms. The number of benzene rings is 3. The average Bonchev–Trinajstić information content (AvgIpc) is 3.64. The summed E-state index contributed by atoms with van der Waals surface area (Å²) in [6, 6.07) is 11.9. The zero-order chi connectivity index (χ0) is 30.5. The maximum atomic E-state index is 15.6. The number of ether oxygens (including phenoxy) is 3. The minimum atomic E-state index is -0.345. The summed E-state index contributed by atoms with van der Waals surface area (Å²) in [7, 11) is 0. The largest absolute Gasteiger partial charge is 0.494 e. The van der Waals surface area contributed by atoms with Crippen LogP contribution in [0.2, 0.25) is 0 Å². The summed E-state index contributed by atoms with van der Waals surface area (Å²) in [6.45, 7) is 9.39. The Morgan fingerprint density at radius 3 is 2.42 bits per heavy atom. The number of anilines is 1. The van der Waals surface area contributed by atoms with Crippen LogP contribution in [-0.2, 0) is 24.1 Å². The number of fused-ring (bicyclic) bond motifs is 1. The van der Waals surface area contributed by atoms with E-state index in [1.807, 2.05) is 26.8 Å². The molecule has 2 heterocycles. The topological polar surface area (TPSA) is 60.0 Å². The van der Waals surface area contributed by atoms with Gasteiger partial charge in [-0.25, -0.2) is 8.78 Å². The van der Waals surface area contributed by atoms with Crippen LogP contribution >= 0.6 is 0 Å². The van der Waals surface area contributed by atoms with Gasteiger partial charge in [0.25, 0.3) is 0 Å². The molecule has 0 bridgehead atoms. The van der Waals surface area contributed by atoms with Crippen LogP contribution in [0, 0.1) is 11.6 Å². The van der Waals surface area contributed by atoms with Crippen molar-refractivity contribution in [3.05, 3.63) is 81.9 Å². The van der Waals surface area contributed by atoms with E-state index in [2.05, 4.69) is 23.2 Å². The van der Waals surface area contributed by atoms with Crippen molar-refractivity contribution in [2.24, 2.45) is 0 Å². The van der Waals surface area contributed by atoms with Gasteiger partial charge in [-0.15, -0.1) is 0 Å². The predicted molar refractivity (Wildman–Crippen MR) is 164 cm³/mol. The Morgan fingerprint density at radius 2 is 1.74 bits per heavy atom. The van der Waals surface area contributed by atoms with Crippen molar-refractivity contribution >= 4 is 11.6 Å². The van der Waals surface area contributed by atoms with Gasteiger partial charge in [0.15, 0.2) is 11.5 Å². The molecule has 2 aliphatic heterocycles. The van der Waals surface area contributed by atoms with Crippen LogP contribution in [0.1, 0.15) is 86.7 Å². The molecule has 230 valence electrons. The van der Waals surface area contributed by atoms with Crippen LogP contribution in [-0.4, -0.2) is 37.3 Å². The third-order valence-electron chi connectivity index (χ3n) is 8.41. The van der Waals surface area contributed by atoms with Gasteiger partial charge in [0.1, 0.15) is 17.4 Å². The molecule has 8 heteroatoms. The number of likely N-dealkylation sites (tertiary alicyclic amines) is 1. The van der Waals surface area contributed by atoms with Crippen molar-refractivity contribution in [1.29, 1.82) is 0 Å². The molecule has 1 fully saturated rings. The fourth-order valence-corrected chi connectivity index (χ4v) is 6.34. The number of hydrogen-bond donors (Lipinski definition) is 1. The average molecular weight is 593 g/mol. The maximum Gasteiger partial charge on any atom is 0.238 e. The van der Waals surface area contributed by atoms with Gasteiger partial charge in [0, 0.05) is 29.9 Å². The van der Waals surface area contributed by atoms with Crippen molar-refractivity contribution in [1.82, 2.24) is 4.90 Å². The highest BCUT2D eigenvalue weighted by molar-refractivity contribution is 5.94. The first-order valence-electron chi connectivity index (χ1n) is 15.5. The Hall–Kier alpha value is -3.65. The number of carbonyl (C=O) groups is 1. The van der Waals surface area contributed by atoms with E-state index in [0.717, 1.165) is 53.0 Å². The Labute approximate surface area is 253 Å². The van der Waals surface area contributed by atoms with Crippen LogP contribution in [0.15, 0.2) is 42.5 Å². The molecule has 3 aromatic carbocycles. The van der Waals surface area contributed by atoms with E-state index in [9.17, 15) is 9.18 Å². The molecule has 2 atom stereocenters. The molecule has 1 unspecified atom stereocenters. The highest BCUT2D eigenvalue weighted by atomic mass is 19.1. The third-order valence-corrected chi connectivity index (χ3v) is 8.41. The second-order valence-electron chi connectivity index (χ2n) is 11.4. The predicted octanol–water partition coefficient (Wildman–Crippen LogP) is 7.73. The van der Waals surface area contributed by atoms with Gasteiger partial charge in [-0.2, -0.15) is 0 Å². The van der Waals surface area contributed by atoms with E-state index >= 15 is 4.39 Å². The summed E-state index contributed by atoms with van der Waals surface area (Å²) in [4.78, 5) is 15.6. The number of nitrogens with zero attached hydrogens (tertiary/aromatic N) is 1. The first kappa shape index (κ1) is 30.8. The molecule has 0 saturated carbocycles. The van der Waals surface area contributed by atoms with E-state index < -0.39 is 0 Å². The molecule has 0 radical (unpaired) electrons. The summed E-state index contributed by atoms with van der Waals surface area (Å²) < 4.78 is 47.0. The summed E-state index contributed by atoms with van der Waals surface area (Å²) in [5.74, 6) is 1.25. The van der Waals surface area contributed by atoms with Crippen LogP contribution in [0.3, 0.4) is 0 Å². The molecular formula is C35H42F2N2O4. The van der Waals surface area contributed by atoms with Crippen molar-refractivity contribution < 1.29 is 27.8 Å². The van der Waals surface area contributed by atoms with E-state index in [1.54, 1.807) is 12.1 Å². The highest BCUT2D eigenvalue weighted by Crippen LogP contribution is 2.45. The Kier molecular flexibility index (Phi) is 9.86. The Morgan fingerprint density at radius 1 is 0.977 bits per heavy atom. The van der Waals surface area contributed by atoms with Gasteiger partial charge in [-0.1, -0.05) is 46.2 Å². The number of nitrogens with one attached hydrogen (secondary N) is 1. The van der Waals surface area contributed by atoms with E-state index in [4.69, 9.17) is 14.2 Å². The van der Waals surface area contributed by atoms with Crippen LogP contribution in [0.25, 0.3) is 0 Å². The SMILES string of the molecule is CCCOc1ccc([C@H]2CC(c3cc(CCC)c4c(c3)OCO4)CN2CC(=O)Nc2c(CC)cc(F)cc2CC)c(F)c1. The lowest BCUT2D eigenvalue weighted by molar-refractivity contribution is -0.117. The Bertz CT molecular complexity index is 1430. The zero-order valence-corrected chi connectivity index (χ0v) is 25.6. The second-order valence-corrected chi connectivity index (χ2v) is 11.4. The molecule has 5 rings (SSSR count). The number of aryl methyl sites for hydroxylation is 3. The van der Waals surface area contributed by atoms with Crippen LogP contribution in [0.5, 0.6) is 17.2 Å². The van der Waals surface area contributed by atoms with Crippen molar-refractivity contribution in [2.75, 3.05) is 31.8 Å². The standard InChI is InChI=1S/C35H42F2N2O4/c1-5-9-24-13-25(17-32-35(24)43-21-42-32)26-16-31(29-11-10-28(18-30(29)37)41-12-6-2)39(19-26)20-33(40)38-34-22(7-3)14-27(36)15-23(34)8-4/h10-11,13-15,17-18,26,31H,5-9,12,16,19-21H2,1-4H3,(H,38,40)/t26?,31-/m1/s1. The van der Waals surface area contributed by atoms with E-state index in [0.29, 0.717) is 49.4 Å². The lowest BCUT2D eigenvalue weighted by Crippen LogP contribution is -2.34. The molecule has 3 aromatic rings. The molecule has 1 saturated heterocycles. The quantitative estimate of drug-likeness (QED) is 0.233. The van der Waals surface area contributed by atoms with Gasteiger partial charge >= 0.3 is 0 Å². The third kappa shape index (κ3) is 6.80. The minimum absolute atomic E-state index is 0.0570. The smallest absolute Gasteiger partial charge is 0.238 e. The number of carbonyl (C=O) groups excluding carboxylic acids is 1. The number of rotatable bonds is 12. The lowest BCUT2D eigenvalue weighted by atomic mass is 9.91.